The van der Waals surface area contributed by atoms with E-state index in [1.54, 1.807) is 25.7 Å². The number of ether oxygens (including phenoxy) is 1. The number of pyridine rings is 1. The lowest BCUT2D eigenvalue weighted by atomic mass is 9.90. The Bertz CT molecular complexity index is 1520. The van der Waals surface area contributed by atoms with Gasteiger partial charge in [0.15, 0.2) is 0 Å². The number of benzene rings is 1. The number of nitrogens with zero attached hydrogens (tertiary/aromatic N) is 3. The molecule has 1 saturated heterocycles. The van der Waals surface area contributed by atoms with E-state index in [0.717, 1.165) is 18.3 Å². The molecule has 1 aromatic carbocycles. The zero-order valence-electron chi connectivity index (χ0n) is 23.1. The van der Waals surface area contributed by atoms with Crippen molar-refractivity contribution in [3.8, 4) is 5.69 Å². The molecule has 14 heteroatoms. The minimum absolute atomic E-state index is 0.0788. The normalized spacial score (nSPS) is 14.5. The van der Waals surface area contributed by atoms with Crippen molar-refractivity contribution in [2.24, 2.45) is 5.73 Å². The van der Waals surface area contributed by atoms with Gasteiger partial charge in [-0.15, -0.1) is 0 Å². The van der Waals surface area contributed by atoms with E-state index in [1.807, 2.05) is 0 Å². The van der Waals surface area contributed by atoms with Gasteiger partial charge in [0.05, 0.1) is 16.9 Å². The molecule has 42 heavy (non-hydrogen) atoms. The van der Waals surface area contributed by atoms with Crippen LogP contribution in [-0.2, 0) is 10.9 Å². The highest BCUT2D eigenvalue weighted by atomic mass is 19.4. The number of nitrogens with two attached hydrogens (primary N) is 2. The Morgan fingerprint density at radius 3 is 2.31 bits per heavy atom. The number of aromatic nitrogens is 2. The maximum absolute atomic E-state index is 15.3. The fourth-order valence-electron chi connectivity index (χ4n) is 4.71. The van der Waals surface area contributed by atoms with Crippen LogP contribution < -0.4 is 16.8 Å². The number of likely N-dealkylation sites (tertiary alicyclic amines) is 1. The van der Waals surface area contributed by atoms with Crippen molar-refractivity contribution in [1.29, 1.82) is 0 Å². The molecule has 224 valence electrons. The lowest BCUT2D eigenvalue weighted by Gasteiger charge is -2.33. The molecular weight excluding hydrogens is 560 g/mol. The van der Waals surface area contributed by atoms with Crippen LogP contribution in [0, 0.1) is 5.82 Å². The quantitative estimate of drug-likeness (QED) is 0.354. The van der Waals surface area contributed by atoms with Crippen LogP contribution in [0.15, 0.2) is 42.7 Å². The van der Waals surface area contributed by atoms with Gasteiger partial charge < -0.3 is 31.0 Å². The van der Waals surface area contributed by atoms with Crippen molar-refractivity contribution in [3.05, 3.63) is 70.9 Å². The lowest BCUT2D eigenvalue weighted by Crippen LogP contribution is -2.41. The van der Waals surface area contributed by atoms with E-state index in [-0.39, 0.29) is 34.4 Å². The monoisotopic (exact) mass is 590 g/mol. The molecule has 2 aromatic heterocycles. The number of carbonyl (C=O) groups excluding carboxylic acids is 3. The van der Waals surface area contributed by atoms with Gasteiger partial charge >= 0.3 is 12.3 Å². The molecule has 0 aliphatic carbocycles. The van der Waals surface area contributed by atoms with Crippen molar-refractivity contribution in [1.82, 2.24) is 14.5 Å². The number of anilines is 2. The Morgan fingerprint density at radius 2 is 1.74 bits per heavy atom. The summed E-state index contributed by atoms with van der Waals surface area (Å²) in [7, 11) is 0. The zero-order valence-corrected chi connectivity index (χ0v) is 23.1. The van der Waals surface area contributed by atoms with Gasteiger partial charge in [0, 0.05) is 31.0 Å². The summed E-state index contributed by atoms with van der Waals surface area (Å²) in [6.07, 6.45) is -1.65. The number of rotatable bonds is 5. The summed E-state index contributed by atoms with van der Waals surface area (Å²) >= 11 is 0. The van der Waals surface area contributed by atoms with E-state index >= 15 is 4.39 Å². The van der Waals surface area contributed by atoms with Crippen LogP contribution in [0.1, 0.15) is 71.5 Å². The fourth-order valence-corrected chi connectivity index (χ4v) is 4.71. The van der Waals surface area contributed by atoms with Gasteiger partial charge in [-0.05, 0) is 75.4 Å². The molecule has 0 bridgehead atoms. The van der Waals surface area contributed by atoms with Gasteiger partial charge in [0.25, 0.3) is 11.8 Å². The van der Waals surface area contributed by atoms with Gasteiger partial charge in [0.1, 0.15) is 22.9 Å². The number of nitrogen functional groups attached to an aromatic ring is 1. The summed E-state index contributed by atoms with van der Waals surface area (Å²) in [5.41, 5.74) is 10.4. The predicted octanol–water partition coefficient (Wildman–Crippen LogP) is 5.08. The molecule has 0 unspecified atom stereocenters. The average Bonchev–Trinajstić information content (AvgIpc) is 3.24. The number of nitrogens with one attached hydrogen (secondary N) is 1. The Labute approximate surface area is 238 Å². The summed E-state index contributed by atoms with van der Waals surface area (Å²) in [5, 5.41) is 2.21. The number of alkyl halides is 3. The summed E-state index contributed by atoms with van der Waals surface area (Å²) in [4.78, 5) is 42.7. The molecule has 0 spiro atoms. The van der Waals surface area contributed by atoms with Crippen molar-refractivity contribution in [2.45, 2.75) is 51.3 Å². The van der Waals surface area contributed by atoms with Crippen LogP contribution in [0.5, 0.6) is 0 Å². The molecule has 4 rings (SSSR count). The third-order valence-electron chi connectivity index (χ3n) is 6.69. The van der Waals surface area contributed by atoms with Gasteiger partial charge in [-0.25, -0.2) is 14.2 Å². The maximum atomic E-state index is 15.3. The molecule has 1 aliphatic rings. The largest absolute Gasteiger partial charge is 0.444 e. The number of piperidine rings is 1. The number of halogens is 4. The number of primary amides is 1. The van der Waals surface area contributed by atoms with Gasteiger partial charge in [-0.3, -0.25) is 9.59 Å². The van der Waals surface area contributed by atoms with E-state index in [2.05, 4.69) is 10.3 Å². The summed E-state index contributed by atoms with van der Waals surface area (Å²) in [6.45, 7) is 6.10. The summed E-state index contributed by atoms with van der Waals surface area (Å²) in [6, 6.07) is 4.75. The molecule has 5 N–H and O–H groups in total. The number of amides is 3. The lowest BCUT2D eigenvalue weighted by molar-refractivity contribution is -0.137. The first-order valence-corrected chi connectivity index (χ1v) is 13.0. The van der Waals surface area contributed by atoms with Crippen LogP contribution in [0.25, 0.3) is 5.69 Å². The van der Waals surface area contributed by atoms with E-state index in [1.165, 1.54) is 22.9 Å². The third-order valence-corrected chi connectivity index (χ3v) is 6.69. The second kappa shape index (κ2) is 11.3. The van der Waals surface area contributed by atoms with Crippen molar-refractivity contribution in [2.75, 3.05) is 24.1 Å². The molecule has 0 radical (unpaired) electrons. The second-order valence-electron chi connectivity index (χ2n) is 10.9. The summed E-state index contributed by atoms with van der Waals surface area (Å²) in [5.74, 6) is -3.23. The van der Waals surface area contributed by atoms with Crippen LogP contribution in [0.4, 0.5) is 33.9 Å². The Kier molecular flexibility index (Phi) is 8.19. The second-order valence-corrected chi connectivity index (χ2v) is 10.9. The van der Waals surface area contributed by atoms with Crippen LogP contribution >= 0.6 is 0 Å². The highest BCUT2D eigenvalue weighted by Crippen LogP contribution is 2.37. The smallest absolute Gasteiger partial charge is 0.416 e. The minimum atomic E-state index is -4.64. The molecule has 10 nitrogen and oxygen atoms in total. The molecule has 1 aliphatic heterocycles. The van der Waals surface area contributed by atoms with Crippen molar-refractivity contribution in [3.63, 3.8) is 0 Å². The van der Waals surface area contributed by atoms with Gasteiger partial charge in [0.2, 0.25) is 0 Å². The van der Waals surface area contributed by atoms with E-state index in [0.29, 0.717) is 37.6 Å². The highest BCUT2D eigenvalue weighted by molar-refractivity contribution is 6.04. The van der Waals surface area contributed by atoms with Crippen LogP contribution in [-0.4, -0.2) is 51.0 Å². The maximum Gasteiger partial charge on any atom is 0.416 e. The first-order valence-electron chi connectivity index (χ1n) is 13.0. The molecule has 3 amide bonds. The van der Waals surface area contributed by atoms with Gasteiger partial charge in [-0.1, -0.05) is 0 Å². The standard InChI is InChI=1S/C28H30F4N6O4/c1-27(2,3)42-26(41)37-10-7-15(8-11-37)18-14-38(23(22(18)33)24(34)39)20-5-4-16(12-19(20)29)25(40)36-21-13-17(6-9-35-21)28(30,31)32/h4-6,9,12-15H,7-8,10-11,33H2,1-3H3,(H2,34,39)(H,35,36,40). The van der Waals surface area contributed by atoms with Crippen molar-refractivity contribution >= 4 is 29.4 Å². The molecule has 3 heterocycles. The molecule has 0 saturated carbocycles. The number of hydrogen-bond donors (Lipinski definition) is 3. The first kappa shape index (κ1) is 30.3. The van der Waals surface area contributed by atoms with E-state index in [4.69, 9.17) is 16.2 Å². The average molecular weight is 591 g/mol. The minimum Gasteiger partial charge on any atom is -0.444 e. The third kappa shape index (κ3) is 6.64. The fraction of sp³-hybridized carbons (Fsp3) is 0.357. The summed E-state index contributed by atoms with van der Waals surface area (Å²) < 4.78 is 60.9. The molecule has 0 atom stereocenters. The van der Waals surface area contributed by atoms with Crippen LogP contribution in [0.2, 0.25) is 0 Å². The van der Waals surface area contributed by atoms with Gasteiger partial charge in [-0.2, -0.15) is 13.2 Å². The topological polar surface area (TPSA) is 146 Å². The van der Waals surface area contributed by atoms with E-state index < -0.39 is 41.1 Å². The predicted molar refractivity (Wildman–Crippen MR) is 146 cm³/mol. The number of carbonyl (C=O) groups is 3. The number of hydrogen-bond acceptors (Lipinski definition) is 6. The Hall–Kier alpha value is -4.62. The van der Waals surface area contributed by atoms with Crippen LogP contribution in [0.3, 0.4) is 0 Å². The molecule has 1 fully saturated rings. The first-order chi connectivity index (χ1) is 19.5. The van der Waals surface area contributed by atoms with Crippen molar-refractivity contribution < 1.29 is 36.7 Å². The SMILES string of the molecule is CC(C)(C)OC(=O)N1CCC(c2cn(-c3ccc(C(=O)Nc4cc(C(F)(F)F)ccn4)cc3F)c(C(N)=O)c2N)CC1. The Balaban J connectivity index is 1.55. The van der Waals surface area contributed by atoms with E-state index in [9.17, 15) is 27.6 Å². The molecule has 3 aromatic rings. The molecular formula is C28H30F4N6O4. The zero-order chi connectivity index (χ0) is 31.0. The Morgan fingerprint density at radius 1 is 1.07 bits per heavy atom. The highest BCUT2D eigenvalue weighted by Gasteiger charge is 2.32.